The molecule has 2 heterocycles. The Morgan fingerprint density at radius 2 is 2.04 bits per heavy atom. The SMILES string of the molecule is N=C(N)c1cc2cccc(C#CC3COC(Cc4ccccc4)O3)c2s1. The van der Waals surface area contributed by atoms with E-state index >= 15 is 0 Å². The Bertz CT molecular complexity index is 1000. The van der Waals surface area contributed by atoms with Gasteiger partial charge in [-0.1, -0.05) is 54.3 Å². The predicted octanol–water partition coefficient (Wildman–Crippen LogP) is 3.52. The van der Waals surface area contributed by atoms with E-state index in [-0.39, 0.29) is 18.2 Å². The quantitative estimate of drug-likeness (QED) is 0.425. The number of hydrogen-bond acceptors (Lipinski definition) is 4. The van der Waals surface area contributed by atoms with Crippen LogP contribution in [0.15, 0.2) is 54.6 Å². The van der Waals surface area contributed by atoms with Gasteiger partial charge in [0.25, 0.3) is 0 Å². The smallest absolute Gasteiger partial charge is 0.163 e. The molecule has 0 bridgehead atoms. The minimum absolute atomic E-state index is 0.0846. The van der Waals surface area contributed by atoms with Crippen LogP contribution in [0.1, 0.15) is 16.0 Å². The summed E-state index contributed by atoms with van der Waals surface area (Å²) in [6.07, 6.45) is 0.242. The Balaban J connectivity index is 1.48. The molecule has 26 heavy (non-hydrogen) atoms. The first kappa shape index (κ1) is 16.8. The summed E-state index contributed by atoms with van der Waals surface area (Å²) >= 11 is 1.49. The molecule has 0 radical (unpaired) electrons. The highest BCUT2D eigenvalue weighted by Gasteiger charge is 2.24. The van der Waals surface area contributed by atoms with Gasteiger partial charge in [-0.25, -0.2) is 0 Å². The Morgan fingerprint density at radius 3 is 2.85 bits per heavy atom. The van der Waals surface area contributed by atoms with E-state index in [1.54, 1.807) is 0 Å². The van der Waals surface area contributed by atoms with E-state index in [0.717, 1.165) is 26.9 Å². The summed E-state index contributed by atoms with van der Waals surface area (Å²) < 4.78 is 12.7. The van der Waals surface area contributed by atoms with Crippen LogP contribution in [0.3, 0.4) is 0 Å². The van der Waals surface area contributed by atoms with Crippen molar-refractivity contribution in [3.8, 4) is 11.8 Å². The van der Waals surface area contributed by atoms with E-state index in [1.807, 2.05) is 42.5 Å². The number of fused-ring (bicyclic) bond motifs is 1. The number of hydrogen-bond donors (Lipinski definition) is 2. The number of nitrogens with two attached hydrogens (primary N) is 1. The number of rotatable bonds is 3. The van der Waals surface area contributed by atoms with Crippen molar-refractivity contribution in [3.05, 3.63) is 70.6 Å². The standard InChI is InChI=1S/C21H18N2O2S/c22-21(23)18-12-16-8-4-7-15(20(16)26-18)9-10-17-13-24-19(25-17)11-14-5-2-1-3-6-14/h1-8,12,17,19H,11,13H2,(H3,22,23). The number of thiophene rings is 1. The molecule has 2 atom stereocenters. The average Bonchev–Trinajstić information content (AvgIpc) is 3.28. The predicted molar refractivity (Wildman–Crippen MR) is 104 cm³/mol. The molecular weight excluding hydrogens is 344 g/mol. The first-order chi connectivity index (χ1) is 12.7. The van der Waals surface area contributed by atoms with Crippen molar-refractivity contribution in [2.75, 3.05) is 6.61 Å². The van der Waals surface area contributed by atoms with Gasteiger partial charge in [0.1, 0.15) is 11.9 Å². The molecule has 0 saturated carbocycles. The molecule has 4 nitrogen and oxygen atoms in total. The molecule has 0 amide bonds. The molecular formula is C21H18N2O2S. The number of amidine groups is 1. The maximum Gasteiger partial charge on any atom is 0.163 e. The van der Waals surface area contributed by atoms with Crippen LogP contribution in [0, 0.1) is 17.3 Å². The highest BCUT2D eigenvalue weighted by molar-refractivity contribution is 7.21. The maximum absolute atomic E-state index is 7.61. The van der Waals surface area contributed by atoms with Crippen LogP contribution in [0.4, 0.5) is 0 Å². The first-order valence-electron chi connectivity index (χ1n) is 8.38. The number of benzene rings is 2. The van der Waals surface area contributed by atoms with Gasteiger partial charge >= 0.3 is 0 Å². The summed E-state index contributed by atoms with van der Waals surface area (Å²) in [6.45, 7) is 0.476. The molecule has 3 aromatic rings. The van der Waals surface area contributed by atoms with Gasteiger partial charge in [0.2, 0.25) is 0 Å². The fourth-order valence-electron chi connectivity index (χ4n) is 2.90. The van der Waals surface area contributed by atoms with E-state index in [0.29, 0.717) is 6.61 Å². The van der Waals surface area contributed by atoms with Gasteiger partial charge in [0.05, 0.1) is 16.2 Å². The fourth-order valence-corrected chi connectivity index (χ4v) is 3.89. The highest BCUT2D eigenvalue weighted by atomic mass is 32.1. The lowest BCUT2D eigenvalue weighted by atomic mass is 10.1. The Labute approximate surface area is 156 Å². The molecule has 2 unspecified atom stereocenters. The first-order valence-corrected chi connectivity index (χ1v) is 9.20. The molecule has 130 valence electrons. The van der Waals surface area contributed by atoms with E-state index in [1.165, 1.54) is 16.9 Å². The lowest BCUT2D eigenvalue weighted by Crippen LogP contribution is -2.13. The van der Waals surface area contributed by atoms with Gasteiger partial charge in [-0.2, -0.15) is 0 Å². The summed E-state index contributed by atoms with van der Waals surface area (Å²) in [5, 5.41) is 8.66. The third-order valence-corrected chi connectivity index (χ3v) is 5.39. The Hall–Kier alpha value is -2.65. The normalized spacial score (nSPS) is 19.2. The van der Waals surface area contributed by atoms with Crippen LogP contribution in [0.5, 0.6) is 0 Å². The van der Waals surface area contributed by atoms with Crippen LogP contribution >= 0.6 is 11.3 Å². The fraction of sp³-hybridized carbons (Fsp3) is 0.190. The molecule has 2 aromatic carbocycles. The van der Waals surface area contributed by atoms with Crippen molar-refractivity contribution >= 4 is 27.3 Å². The third kappa shape index (κ3) is 3.63. The summed E-state index contributed by atoms with van der Waals surface area (Å²) in [4.78, 5) is 0.762. The second kappa shape index (κ2) is 7.30. The Morgan fingerprint density at radius 1 is 1.19 bits per heavy atom. The van der Waals surface area contributed by atoms with Crippen molar-refractivity contribution in [3.63, 3.8) is 0 Å². The maximum atomic E-state index is 7.61. The van der Waals surface area contributed by atoms with Gasteiger partial charge in [-0.05, 0) is 23.1 Å². The highest BCUT2D eigenvalue weighted by Crippen LogP contribution is 2.28. The molecule has 0 spiro atoms. The number of nitrogens with one attached hydrogen (secondary N) is 1. The Kier molecular flexibility index (Phi) is 4.72. The minimum atomic E-state index is -0.251. The number of ether oxygens (including phenoxy) is 2. The largest absolute Gasteiger partial charge is 0.383 e. The molecule has 1 aliphatic heterocycles. The molecule has 0 aliphatic carbocycles. The topological polar surface area (TPSA) is 68.3 Å². The van der Waals surface area contributed by atoms with Crippen LogP contribution < -0.4 is 5.73 Å². The van der Waals surface area contributed by atoms with Crippen molar-refractivity contribution in [1.29, 1.82) is 5.41 Å². The van der Waals surface area contributed by atoms with E-state index in [9.17, 15) is 0 Å². The monoisotopic (exact) mass is 362 g/mol. The van der Waals surface area contributed by atoms with Gasteiger partial charge in [-0.3, -0.25) is 5.41 Å². The van der Waals surface area contributed by atoms with Crippen LogP contribution in [-0.2, 0) is 15.9 Å². The van der Waals surface area contributed by atoms with Crippen molar-refractivity contribution in [2.45, 2.75) is 18.8 Å². The van der Waals surface area contributed by atoms with Gasteiger partial charge < -0.3 is 15.2 Å². The summed E-state index contributed by atoms with van der Waals surface area (Å²) in [5.41, 5.74) is 7.71. The van der Waals surface area contributed by atoms with Crippen LogP contribution in [0.25, 0.3) is 10.1 Å². The zero-order chi connectivity index (χ0) is 17.9. The van der Waals surface area contributed by atoms with E-state index in [2.05, 4.69) is 24.0 Å². The lowest BCUT2D eigenvalue weighted by molar-refractivity contribution is -0.0478. The second-order valence-electron chi connectivity index (χ2n) is 6.09. The molecule has 1 fully saturated rings. The molecule has 4 rings (SSSR count). The lowest BCUT2D eigenvalue weighted by Gasteiger charge is -2.08. The second-order valence-corrected chi connectivity index (χ2v) is 7.15. The van der Waals surface area contributed by atoms with Crippen LogP contribution in [0.2, 0.25) is 0 Å². The van der Waals surface area contributed by atoms with Crippen molar-refractivity contribution in [1.82, 2.24) is 0 Å². The zero-order valence-electron chi connectivity index (χ0n) is 14.1. The molecule has 3 N–H and O–H groups in total. The third-order valence-electron chi connectivity index (χ3n) is 4.17. The summed E-state index contributed by atoms with van der Waals surface area (Å²) in [6, 6.07) is 18.0. The van der Waals surface area contributed by atoms with Crippen molar-refractivity contribution < 1.29 is 9.47 Å². The molecule has 1 aromatic heterocycles. The van der Waals surface area contributed by atoms with Crippen LogP contribution in [-0.4, -0.2) is 24.8 Å². The number of nitrogen functional groups attached to an aromatic ring is 1. The van der Waals surface area contributed by atoms with Gasteiger partial charge in [0.15, 0.2) is 6.29 Å². The molecule has 1 aliphatic rings. The summed E-state index contributed by atoms with van der Waals surface area (Å²) in [5.74, 6) is 6.46. The molecule has 1 saturated heterocycles. The van der Waals surface area contributed by atoms with E-state index < -0.39 is 0 Å². The average molecular weight is 362 g/mol. The van der Waals surface area contributed by atoms with E-state index in [4.69, 9.17) is 20.6 Å². The summed E-state index contributed by atoms with van der Waals surface area (Å²) in [7, 11) is 0. The molecule has 5 heteroatoms. The van der Waals surface area contributed by atoms with Crippen molar-refractivity contribution in [2.24, 2.45) is 5.73 Å². The zero-order valence-corrected chi connectivity index (χ0v) is 14.9. The van der Waals surface area contributed by atoms with Gasteiger partial charge in [-0.15, -0.1) is 11.3 Å². The minimum Gasteiger partial charge on any atom is -0.383 e. The van der Waals surface area contributed by atoms with Gasteiger partial charge in [0, 0.05) is 12.0 Å².